The smallest absolute Gasteiger partial charge is 0.234 e. The summed E-state index contributed by atoms with van der Waals surface area (Å²) in [5.41, 5.74) is 0.939. The highest BCUT2D eigenvalue weighted by atomic mass is 32.9. The van der Waals surface area contributed by atoms with E-state index in [9.17, 15) is 4.79 Å². The van der Waals surface area contributed by atoms with E-state index in [-0.39, 0.29) is 23.2 Å². The van der Waals surface area contributed by atoms with Crippen LogP contribution in [-0.2, 0) is 16.8 Å². The first-order chi connectivity index (χ1) is 10.9. The van der Waals surface area contributed by atoms with E-state index >= 15 is 0 Å². The predicted molar refractivity (Wildman–Crippen MR) is 103 cm³/mol. The highest BCUT2D eigenvalue weighted by molar-refractivity contribution is 8.04. The fraction of sp³-hybridized carbons (Fsp3) is 0.688. The van der Waals surface area contributed by atoms with Crippen molar-refractivity contribution in [1.29, 1.82) is 5.26 Å². The van der Waals surface area contributed by atoms with Gasteiger partial charge in [0.15, 0.2) is 0 Å². The van der Waals surface area contributed by atoms with E-state index in [4.69, 9.17) is 17.5 Å². The zero-order chi connectivity index (χ0) is 17.0. The first-order valence-corrected chi connectivity index (χ1v) is 11.4. The molecule has 2 heterocycles. The summed E-state index contributed by atoms with van der Waals surface area (Å²) in [7, 11) is 3.35. The van der Waals surface area contributed by atoms with Crippen molar-refractivity contribution in [3.05, 3.63) is 14.3 Å². The van der Waals surface area contributed by atoms with Crippen molar-refractivity contribution in [2.45, 2.75) is 64.5 Å². The number of thioether (sulfide) groups is 1. The van der Waals surface area contributed by atoms with E-state index in [0.717, 1.165) is 34.8 Å². The summed E-state index contributed by atoms with van der Waals surface area (Å²) in [5.74, 6) is 0.299. The summed E-state index contributed by atoms with van der Waals surface area (Å²) in [4.78, 5) is 16.0. The molecule has 1 amide bonds. The van der Waals surface area contributed by atoms with E-state index in [1.54, 1.807) is 20.7 Å². The van der Waals surface area contributed by atoms with Crippen molar-refractivity contribution >= 4 is 50.6 Å². The second-order valence-corrected chi connectivity index (χ2v) is 9.89. The van der Waals surface area contributed by atoms with Crippen LogP contribution < -0.4 is 0 Å². The zero-order valence-corrected chi connectivity index (χ0v) is 17.0. The summed E-state index contributed by atoms with van der Waals surface area (Å²) < 4.78 is 0.983. The van der Waals surface area contributed by atoms with E-state index in [1.165, 1.54) is 23.3 Å². The molecule has 1 aliphatic rings. The summed E-state index contributed by atoms with van der Waals surface area (Å²) in [5, 5.41) is 10.8. The number of hydrogen-bond donors (Lipinski definition) is 0. The van der Waals surface area contributed by atoms with Gasteiger partial charge in [0.2, 0.25) is 5.91 Å². The lowest BCUT2D eigenvalue weighted by molar-refractivity contribution is -0.138. The number of nitrogens with zero attached hydrogens (tertiary/aromatic N) is 2. The third-order valence-corrected chi connectivity index (χ3v) is 8.33. The molecule has 1 unspecified atom stereocenters. The Hall–Kier alpha value is -0.420. The molecule has 1 atom stereocenters. The summed E-state index contributed by atoms with van der Waals surface area (Å²) in [6.45, 7) is 6.42. The Morgan fingerprint density at radius 2 is 2.22 bits per heavy atom. The standard InChI is InChI=1S/C16H22N2OS4/c1-4-5-6-7-11-8-12-14(22-23-15(12)20)16(2,3)18(11)13(19)9-21-10-17/h11H,4-9H2,1-3H3. The molecule has 0 aliphatic carbocycles. The first kappa shape index (κ1) is 18.9. The van der Waals surface area contributed by atoms with Gasteiger partial charge in [-0.15, -0.1) is 0 Å². The maximum Gasteiger partial charge on any atom is 0.234 e. The topological polar surface area (TPSA) is 44.1 Å². The summed E-state index contributed by atoms with van der Waals surface area (Å²) >= 11 is 6.54. The van der Waals surface area contributed by atoms with E-state index in [2.05, 4.69) is 20.8 Å². The Balaban J connectivity index is 2.34. The van der Waals surface area contributed by atoms with Gasteiger partial charge in [0.1, 0.15) is 9.23 Å². The predicted octanol–water partition coefficient (Wildman–Crippen LogP) is 5.32. The number of rotatable bonds is 6. The van der Waals surface area contributed by atoms with Gasteiger partial charge in [0, 0.05) is 10.9 Å². The molecule has 0 spiro atoms. The molecule has 0 bridgehead atoms. The number of carbonyl (C=O) groups is 1. The van der Waals surface area contributed by atoms with Crippen LogP contribution in [0.2, 0.25) is 0 Å². The molecule has 126 valence electrons. The van der Waals surface area contributed by atoms with Gasteiger partial charge < -0.3 is 4.90 Å². The van der Waals surface area contributed by atoms with Crippen LogP contribution in [0.3, 0.4) is 0 Å². The third-order valence-electron chi connectivity index (χ3n) is 4.35. The van der Waals surface area contributed by atoms with Gasteiger partial charge >= 0.3 is 0 Å². The lowest BCUT2D eigenvalue weighted by Crippen LogP contribution is -2.55. The highest BCUT2D eigenvalue weighted by Gasteiger charge is 2.44. The zero-order valence-electron chi connectivity index (χ0n) is 13.8. The van der Waals surface area contributed by atoms with Gasteiger partial charge in [0.25, 0.3) is 0 Å². The van der Waals surface area contributed by atoms with Crippen molar-refractivity contribution in [3.63, 3.8) is 0 Å². The van der Waals surface area contributed by atoms with Gasteiger partial charge in [-0.05, 0) is 44.0 Å². The summed E-state index contributed by atoms with van der Waals surface area (Å²) in [6.07, 6.45) is 5.36. The molecule has 1 aromatic rings. The van der Waals surface area contributed by atoms with Crippen LogP contribution >= 0.6 is 44.7 Å². The second kappa shape index (κ2) is 8.11. The van der Waals surface area contributed by atoms with Gasteiger partial charge in [-0.2, -0.15) is 5.26 Å². The molecule has 0 fully saturated rings. The number of fused-ring (bicyclic) bond motifs is 1. The molecule has 23 heavy (non-hydrogen) atoms. The maximum absolute atomic E-state index is 12.8. The van der Waals surface area contributed by atoms with Crippen LogP contribution in [0.15, 0.2) is 0 Å². The first-order valence-electron chi connectivity index (χ1n) is 7.89. The Bertz CT molecular complexity index is 656. The van der Waals surface area contributed by atoms with Gasteiger partial charge in [-0.3, -0.25) is 4.79 Å². The molecular formula is C16H22N2OS4. The van der Waals surface area contributed by atoms with Crippen molar-refractivity contribution < 1.29 is 4.79 Å². The average molecular weight is 387 g/mol. The number of hydrogen-bond acceptors (Lipinski definition) is 6. The van der Waals surface area contributed by atoms with Gasteiger partial charge in [0.05, 0.1) is 11.3 Å². The Kier molecular flexibility index (Phi) is 6.66. The molecular weight excluding hydrogens is 364 g/mol. The SMILES string of the molecule is CCCCCC1Cc2c(ssc2=S)C(C)(C)N1C(=O)CSC#N. The lowest BCUT2D eigenvalue weighted by atomic mass is 9.85. The summed E-state index contributed by atoms with van der Waals surface area (Å²) in [6, 6.07) is 0.194. The molecule has 1 aromatic heterocycles. The number of nitriles is 1. The minimum absolute atomic E-state index is 0.0676. The Morgan fingerprint density at radius 3 is 2.87 bits per heavy atom. The van der Waals surface area contributed by atoms with Crippen molar-refractivity contribution in [2.75, 3.05) is 5.75 Å². The second-order valence-electron chi connectivity index (χ2n) is 6.32. The monoisotopic (exact) mass is 386 g/mol. The fourth-order valence-corrected chi connectivity index (χ4v) is 7.03. The molecule has 2 rings (SSSR count). The number of thiocyanates is 1. The molecule has 0 aromatic carbocycles. The average Bonchev–Trinajstić information content (AvgIpc) is 2.87. The molecule has 0 saturated carbocycles. The van der Waals surface area contributed by atoms with E-state index < -0.39 is 0 Å². The van der Waals surface area contributed by atoms with Crippen LogP contribution in [0.1, 0.15) is 56.9 Å². The van der Waals surface area contributed by atoms with Gasteiger partial charge in [-0.25, -0.2) is 0 Å². The van der Waals surface area contributed by atoms with Crippen LogP contribution in [0, 0.1) is 14.5 Å². The van der Waals surface area contributed by atoms with Gasteiger partial charge in [-0.1, -0.05) is 59.1 Å². The van der Waals surface area contributed by atoms with Crippen molar-refractivity contribution in [2.24, 2.45) is 0 Å². The van der Waals surface area contributed by atoms with Crippen LogP contribution in [0.4, 0.5) is 0 Å². The Labute approximate surface area is 155 Å². The lowest BCUT2D eigenvalue weighted by Gasteiger charge is -2.47. The van der Waals surface area contributed by atoms with E-state index in [0.29, 0.717) is 0 Å². The molecule has 3 nitrogen and oxygen atoms in total. The third kappa shape index (κ3) is 3.98. The van der Waals surface area contributed by atoms with Crippen molar-refractivity contribution in [1.82, 2.24) is 4.90 Å². The minimum Gasteiger partial charge on any atom is -0.329 e. The van der Waals surface area contributed by atoms with Crippen LogP contribution in [-0.4, -0.2) is 22.6 Å². The highest BCUT2D eigenvalue weighted by Crippen LogP contribution is 2.44. The maximum atomic E-state index is 12.8. The minimum atomic E-state index is -0.338. The van der Waals surface area contributed by atoms with Crippen LogP contribution in [0.25, 0.3) is 0 Å². The molecule has 0 saturated heterocycles. The number of carbonyl (C=O) groups excluding carboxylic acids is 1. The van der Waals surface area contributed by atoms with E-state index in [1.807, 2.05) is 10.3 Å². The quantitative estimate of drug-likeness (QED) is 0.287. The molecule has 0 N–H and O–H groups in total. The molecule has 7 heteroatoms. The fourth-order valence-electron chi connectivity index (χ4n) is 3.35. The molecule has 0 radical (unpaired) electrons. The normalized spacial score (nSPS) is 19.2. The number of unbranched alkanes of at least 4 members (excludes halogenated alkanes) is 2. The number of amides is 1. The Morgan fingerprint density at radius 1 is 1.48 bits per heavy atom. The molecule has 1 aliphatic heterocycles. The van der Waals surface area contributed by atoms with Crippen LogP contribution in [0.5, 0.6) is 0 Å². The largest absolute Gasteiger partial charge is 0.329 e. The van der Waals surface area contributed by atoms with Crippen molar-refractivity contribution in [3.8, 4) is 5.40 Å².